The number of fused-ring (bicyclic) bond motifs is 1. The van der Waals surface area contributed by atoms with Gasteiger partial charge in [0.25, 0.3) is 0 Å². The average molecular weight is 347 g/mol. The Balaban J connectivity index is 1.92. The highest BCUT2D eigenvalue weighted by atomic mass is 79.9. The molecule has 0 spiro atoms. The number of halogens is 1. The summed E-state index contributed by atoms with van der Waals surface area (Å²) >= 11 is 3.65. The minimum absolute atomic E-state index is 0.00235. The molecule has 2 aromatic carbocycles. The van der Waals surface area contributed by atoms with E-state index >= 15 is 0 Å². The van der Waals surface area contributed by atoms with Crippen LogP contribution in [0.5, 0.6) is 5.75 Å². The number of benzene rings is 2. The van der Waals surface area contributed by atoms with Crippen LogP contribution in [0.2, 0.25) is 0 Å². The summed E-state index contributed by atoms with van der Waals surface area (Å²) in [6, 6.07) is 12.3. The summed E-state index contributed by atoms with van der Waals surface area (Å²) in [4.78, 5) is 12.0. The fourth-order valence-corrected chi connectivity index (χ4v) is 3.91. The molecule has 1 atom stereocenters. The van der Waals surface area contributed by atoms with Crippen molar-refractivity contribution in [2.75, 3.05) is 0 Å². The number of carbonyl (C=O) groups is 1. The first kappa shape index (κ1) is 14.6. The molecular weight excluding hydrogens is 328 g/mol. The molecule has 0 saturated heterocycles. The lowest BCUT2D eigenvalue weighted by atomic mass is 9.61. The Hall–Kier alpha value is -1.35. The van der Waals surface area contributed by atoms with Crippen molar-refractivity contribution in [3.05, 3.63) is 40.9 Å². The van der Waals surface area contributed by atoms with Gasteiger partial charge in [-0.15, -0.1) is 0 Å². The smallest absolute Gasteiger partial charge is 0.146 e. The summed E-state index contributed by atoms with van der Waals surface area (Å²) in [7, 11) is 0. The van der Waals surface area contributed by atoms with Crippen molar-refractivity contribution in [1.29, 1.82) is 0 Å². The van der Waals surface area contributed by atoms with Crippen LogP contribution in [0.3, 0.4) is 0 Å². The lowest BCUT2D eigenvalue weighted by Gasteiger charge is -2.46. The zero-order valence-corrected chi connectivity index (χ0v) is 13.9. The molecule has 0 amide bonds. The maximum absolute atomic E-state index is 12.0. The number of hydrogen-bond acceptors (Lipinski definition) is 2. The molecule has 3 heteroatoms. The molecule has 2 aromatic rings. The molecule has 0 bridgehead atoms. The van der Waals surface area contributed by atoms with Crippen molar-refractivity contribution in [2.45, 2.75) is 39.2 Å². The van der Waals surface area contributed by atoms with Gasteiger partial charge in [0.1, 0.15) is 17.6 Å². The van der Waals surface area contributed by atoms with Gasteiger partial charge in [0.05, 0.1) is 9.89 Å². The number of ketones is 1. The molecule has 2 nitrogen and oxygen atoms in total. The van der Waals surface area contributed by atoms with Gasteiger partial charge in [0, 0.05) is 6.42 Å². The van der Waals surface area contributed by atoms with Crippen LogP contribution in [-0.4, -0.2) is 11.9 Å². The molecule has 3 rings (SSSR count). The summed E-state index contributed by atoms with van der Waals surface area (Å²) < 4.78 is 7.16. The van der Waals surface area contributed by atoms with Crippen molar-refractivity contribution >= 4 is 32.5 Å². The molecule has 1 fully saturated rings. The molecule has 0 N–H and O–H groups in total. The van der Waals surface area contributed by atoms with Gasteiger partial charge in [-0.05, 0) is 45.6 Å². The van der Waals surface area contributed by atoms with Crippen molar-refractivity contribution in [2.24, 2.45) is 5.41 Å². The standard InChI is InChI=1S/C18H19BrO2/c1-3-18(4-2)15(20)11-16(18)21-14-10-9-12-7-5-6-8-13(12)17(14)19/h5-10,16H,3-4,11H2,1-2H3. The maximum atomic E-state index is 12.0. The molecule has 21 heavy (non-hydrogen) atoms. The lowest BCUT2D eigenvalue weighted by molar-refractivity contribution is -0.153. The summed E-state index contributed by atoms with van der Waals surface area (Å²) in [5, 5.41) is 2.32. The number of carbonyl (C=O) groups excluding carboxylic acids is 1. The van der Waals surface area contributed by atoms with Crippen molar-refractivity contribution < 1.29 is 9.53 Å². The van der Waals surface area contributed by atoms with Gasteiger partial charge < -0.3 is 4.74 Å². The van der Waals surface area contributed by atoms with Crippen LogP contribution < -0.4 is 4.74 Å². The Kier molecular flexibility index (Phi) is 3.78. The third kappa shape index (κ3) is 2.18. The first-order chi connectivity index (χ1) is 10.1. The SMILES string of the molecule is CCC1(CC)C(=O)CC1Oc1ccc2ccccc2c1Br. The number of Topliss-reactive ketones (excluding diaryl/α,β-unsaturated/α-hetero) is 1. The lowest BCUT2D eigenvalue weighted by Crippen LogP contribution is -2.56. The summed E-state index contributed by atoms with van der Waals surface area (Å²) in [6.45, 7) is 4.15. The monoisotopic (exact) mass is 346 g/mol. The van der Waals surface area contributed by atoms with Gasteiger partial charge in [-0.2, -0.15) is 0 Å². The van der Waals surface area contributed by atoms with Gasteiger partial charge in [-0.1, -0.05) is 44.2 Å². The highest BCUT2D eigenvalue weighted by Gasteiger charge is 2.54. The van der Waals surface area contributed by atoms with Crippen molar-refractivity contribution in [3.63, 3.8) is 0 Å². The zero-order chi connectivity index (χ0) is 15.0. The molecule has 0 heterocycles. The Morgan fingerprint density at radius 2 is 1.90 bits per heavy atom. The number of rotatable bonds is 4. The maximum Gasteiger partial charge on any atom is 0.146 e. The summed E-state index contributed by atoms with van der Waals surface area (Å²) in [5.74, 6) is 1.17. The number of hydrogen-bond donors (Lipinski definition) is 0. The minimum Gasteiger partial charge on any atom is -0.488 e. The molecule has 110 valence electrons. The molecule has 0 radical (unpaired) electrons. The van der Waals surface area contributed by atoms with E-state index in [2.05, 4.69) is 48.0 Å². The van der Waals surface area contributed by atoms with Gasteiger partial charge in [-0.3, -0.25) is 4.79 Å². The van der Waals surface area contributed by atoms with Crippen molar-refractivity contribution in [3.8, 4) is 5.75 Å². The first-order valence-electron chi connectivity index (χ1n) is 7.49. The second-order valence-corrected chi connectivity index (χ2v) is 6.49. The molecule has 1 saturated carbocycles. The average Bonchev–Trinajstić information content (AvgIpc) is 2.51. The second-order valence-electron chi connectivity index (χ2n) is 5.70. The largest absolute Gasteiger partial charge is 0.488 e. The van der Waals surface area contributed by atoms with Crippen LogP contribution in [0.1, 0.15) is 33.1 Å². The molecular formula is C18H19BrO2. The molecule has 1 aliphatic carbocycles. The third-order valence-corrected chi connectivity index (χ3v) is 5.72. The van der Waals surface area contributed by atoms with E-state index in [9.17, 15) is 4.79 Å². The van der Waals surface area contributed by atoms with E-state index in [1.165, 1.54) is 5.39 Å². The quantitative estimate of drug-likeness (QED) is 0.766. The Morgan fingerprint density at radius 1 is 1.19 bits per heavy atom. The van der Waals surface area contributed by atoms with Gasteiger partial charge in [-0.25, -0.2) is 0 Å². The highest BCUT2D eigenvalue weighted by Crippen LogP contribution is 2.47. The van der Waals surface area contributed by atoms with E-state index in [4.69, 9.17) is 4.74 Å². The fraction of sp³-hybridized carbons (Fsp3) is 0.389. The van der Waals surface area contributed by atoms with Gasteiger partial charge in [0.2, 0.25) is 0 Å². The van der Waals surface area contributed by atoms with Crippen LogP contribution in [0.15, 0.2) is 40.9 Å². The van der Waals surface area contributed by atoms with Crippen molar-refractivity contribution in [1.82, 2.24) is 0 Å². The molecule has 0 aromatic heterocycles. The van der Waals surface area contributed by atoms with E-state index in [0.717, 1.165) is 28.5 Å². The highest BCUT2D eigenvalue weighted by molar-refractivity contribution is 9.10. The topological polar surface area (TPSA) is 26.3 Å². The van der Waals surface area contributed by atoms with Crippen LogP contribution >= 0.6 is 15.9 Å². The van der Waals surface area contributed by atoms with Crippen LogP contribution in [0.4, 0.5) is 0 Å². The Bertz CT molecular complexity index is 689. The zero-order valence-electron chi connectivity index (χ0n) is 12.4. The normalized spacial score (nSPS) is 20.3. The van der Waals surface area contributed by atoms with Crippen LogP contribution in [0.25, 0.3) is 10.8 Å². The second kappa shape index (κ2) is 5.45. The first-order valence-corrected chi connectivity index (χ1v) is 8.29. The van der Waals surface area contributed by atoms with E-state index in [0.29, 0.717) is 12.2 Å². The Morgan fingerprint density at radius 3 is 2.57 bits per heavy atom. The fourth-order valence-electron chi connectivity index (χ4n) is 3.33. The molecule has 1 aliphatic rings. The molecule has 1 unspecified atom stereocenters. The van der Waals surface area contributed by atoms with E-state index in [1.807, 2.05) is 18.2 Å². The van der Waals surface area contributed by atoms with E-state index in [-0.39, 0.29) is 11.5 Å². The third-order valence-electron chi connectivity index (χ3n) is 4.90. The van der Waals surface area contributed by atoms with Crippen LogP contribution in [-0.2, 0) is 4.79 Å². The van der Waals surface area contributed by atoms with E-state index < -0.39 is 0 Å². The summed E-state index contributed by atoms with van der Waals surface area (Å²) in [5.41, 5.74) is -0.287. The van der Waals surface area contributed by atoms with Gasteiger partial charge in [0.15, 0.2) is 0 Å². The van der Waals surface area contributed by atoms with E-state index in [1.54, 1.807) is 0 Å². The predicted molar refractivity (Wildman–Crippen MR) is 88.7 cm³/mol. The molecule has 0 aliphatic heterocycles. The van der Waals surface area contributed by atoms with Crippen LogP contribution in [0, 0.1) is 5.41 Å². The predicted octanol–water partition coefficient (Wildman–Crippen LogP) is 5.13. The summed E-state index contributed by atoms with van der Waals surface area (Å²) in [6.07, 6.45) is 2.22. The van der Waals surface area contributed by atoms with Gasteiger partial charge >= 0.3 is 0 Å². The minimum atomic E-state index is -0.287. The Labute approximate surface area is 133 Å². The number of ether oxygens (including phenoxy) is 1.